The highest BCUT2D eigenvalue weighted by Crippen LogP contribution is 2.02. The Balaban J connectivity index is 1.89. The Kier molecular flexibility index (Phi) is 3.86. The smallest absolute Gasteiger partial charge is 0.247 e. The second kappa shape index (κ2) is 5.76. The van der Waals surface area contributed by atoms with Crippen LogP contribution in [0.1, 0.15) is 13.3 Å². The summed E-state index contributed by atoms with van der Waals surface area (Å²) >= 11 is 0. The van der Waals surface area contributed by atoms with Gasteiger partial charge in [-0.25, -0.2) is 4.68 Å². The largest absolute Gasteiger partial charge is 0.309 e. The molecule has 0 saturated carbocycles. The van der Waals surface area contributed by atoms with Crippen molar-refractivity contribution in [3.63, 3.8) is 0 Å². The average Bonchev–Trinajstić information content (AvgIpc) is 3.01. The van der Waals surface area contributed by atoms with Crippen LogP contribution in [-0.4, -0.2) is 37.0 Å². The lowest BCUT2D eigenvalue weighted by molar-refractivity contribution is -0.117. The number of hydrogen-bond acceptors (Lipinski definition) is 5. The minimum atomic E-state index is -0.275. The molecule has 0 unspecified atom stereocenters. The molecule has 9 nitrogen and oxygen atoms in total. The molecule has 2 aromatic rings. The number of H-pyrrole nitrogens is 1. The molecular weight excluding hydrogens is 250 g/mol. The van der Waals surface area contributed by atoms with Gasteiger partial charge in [-0.2, -0.15) is 5.10 Å². The van der Waals surface area contributed by atoms with Crippen molar-refractivity contribution in [2.45, 2.75) is 19.9 Å². The van der Waals surface area contributed by atoms with Gasteiger partial charge in [-0.3, -0.25) is 14.7 Å². The number of carbonyl (C=O) groups is 2. The number of hydrogen-bond donors (Lipinski definition) is 3. The molecule has 0 fully saturated rings. The van der Waals surface area contributed by atoms with Crippen molar-refractivity contribution in [1.82, 2.24) is 25.2 Å². The number of aromatic amines is 1. The second-order valence-corrected chi connectivity index (χ2v) is 3.72. The van der Waals surface area contributed by atoms with Gasteiger partial charge in [-0.05, 0) is 0 Å². The molecule has 0 aliphatic carbocycles. The molecule has 0 aliphatic heterocycles. The van der Waals surface area contributed by atoms with Gasteiger partial charge in [0.05, 0.1) is 12.4 Å². The highest BCUT2D eigenvalue weighted by atomic mass is 16.2. The predicted octanol–water partition coefficient (Wildman–Crippen LogP) is -0.0116. The second-order valence-electron chi connectivity index (χ2n) is 3.72. The quantitative estimate of drug-likeness (QED) is 0.701. The molecule has 100 valence electrons. The summed E-state index contributed by atoms with van der Waals surface area (Å²) in [5.41, 5.74) is 0. The van der Waals surface area contributed by atoms with Crippen molar-refractivity contribution in [2.75, 3.05) is 10.6 Å². The van der Waals surface area contributed by atoms with Gasteiger partial charge in [0.1, 0.15) is 12.4 Å². The van der Waals surface area contributed by atoms with Crippen LogP contribution in [0.2, 0.25) is 0 Å². The van der Waals surface area contributed by atoms with Crippen molar-refractivity contribution in [1.29, 1.82) is 0 Å². The molecule has 0 aromatic carbocycles. The van der Waals surface area contributed by atoms with Gasteiger partial charge in [-0.1, -0.05) is 12.1 Å². The van der Waals surface area contributed by atoms with Crippen molar-refractivity contribution in [2.24, 2.45) is 0 Å². The normalized spacial score (nSPS) is 10.2. The van der Waals surface area contributed by atoms with Gasteiger partial charge in [0.25, 0.3) is 0 Å². The van der Waals surface area contributed by atoms with Crippen LogP contribution in [0, 0.1) is 0 Å². The fourth-order valence-corrected chi connectivity index (χ4v) is 1.33. The molecule has 2 heterocycles. The summed E-state index contributed by atoms with van der Waals surface area (Å²) < 4.78 is 1.33. The summed E-state index contributed by atoms with van der Waals surface area (Å²) in [5, 5.41) is 18.9. The lowest BCUT2D eigenvalue weighted by atomic mass is 10.4. The number of amides is 2. The Bertz CT molecular complexity index is 560. The maximum absolute atomic E-state index is 11.6. The van der Waals surface area contributed by atoms with Crippen molar-refractivity contribution < 1.29 is 9.59 Å². The van der Waals surface area contributed by atoms with E-state index in [9.17, 15) is 9.59 Å². The summed E-state index contributed by atoms with van der Waals surface area (Å²) in [6, 6.07) is 1.63. The Morgan fingerprint density at radius 3 is 2.89 bits per heavy atom. The first-order chi connectivity index (χ1) is 9.17. The summed E-state index contributed by atoms with van der Waals surface area (Å²) in [6.45, 7) is 1.73. The zero-order valence-corrected chi connectivity index (χ0v) is 10.3. The summed E-state index contributed by atoms with van der Waals surface area (Å²) in [5.74, 6) is 0.391. The standard InChI is InChI=1S/C10H13N7O2/c1-2-9(18)13-8-5-17(16-15-8)6-10(19)12-7-3-4-11-14-7/h3-5H,2,6H2,1H3,(H,13,18)(H2,11,12,14,19). The molecule has 3 N–H and O–H groups in total. The fourth-order valence-electron chi connectivity index (χ4n) is 1.33. The monoisotopic (exact) mass is 263 g/mol. The average molecular weight is 263 g/mol. The molecule has 9 heteroatoms. The third-order valence-electron chi connectivity index (χ3n) is 2.21. The number of nitrogens with zero attached hydrogens (tertiary/aromatic N) is 4. The van der Waals surface area contributed by atoms with Crippen LogP contribution in [0.15, 0.2) is 18.5 Å². The van der Waals surface area contributed by atoms with Crippen LogP contribution >= 0.6 is 0 Å². The molecule has 0 radical (unpaired) electrons. The Morgan fingerprint density at radius 2 is 2.21 bits per heavy atom. The maximum atomic E-state index is 11.6. The predicted molar refractivity (Wildman–Crippen MR) is 66.2 cm³/mol. The van der Waals surface area contributed by atoms with Crippen molar-refractivity contribution >= 4 is 23.5 Å². The van der Waals surface area contributed by atoms with Gasteiger partial charge in [0.2, 0.25) is 11.8 Å². The molecular formula is C10H13N7O2. The Labute approximate surface area is 108 Å². The number of nitrogens with one attached hydrogen (secondary N) is 3. The van der Waals surface area contributed by atoms with Crippen LogP contribution < -0.4 is 10.6 Å². The first kappa shape index (κ1) is 12.7. The molecule has 2 rings (SSSR count). The summed E-state index contributed by atoms with van der Waals surface area (Å²) in [6.07, 6.45) is 3.37. The van der Waals surface area contributed by atoms with Crippen molar-refractivity contribution in [3.05, 3.63) is 18.5 Å². The van der Waals surface area contributed by atoms with Gasteiger partial charge in [-0.15, -0.1) is 5.10 Å². The summed E-state index contributed by atoms with van der Waals surface area (Å²) in [7, 11) is 0. The van der Waals surface area contributed by atoms with E-state index < -0.39 is 0 Å². The lowest BCUT2D eigenvalue weighted by Gasteiger charge is -2.01. The number of rotatable bonds is 5. The van der Waals surface area contributed by atoms with E-state index in [0.29, 0.717) is 18.1 Å². The zero-order valence-electron chi connectivity index (χ0n) is 10.3. The number of aromatic nitrogens is 5. The minimum absolute atomic E-state index is 0.00594. The molecule has 0 saturated heterocycles. The molecule has 2 aromatic heterocycles. The highest BCUT2D eigenvalue weighted by Gasteiger charge is 2.08. The molecule has 0 spiro atoms. The van der Waals surface area contributed by atoms with Gasteiger partial charge >= 0.3 is 0 Å². The summed E-state index contributed by atoms with van der Waals surface area (Å²) in [4.78, 5) is 22.8. The van der Waals surface area contributed by atoms with E-state index in [0.717, 1.165) is 0 Å². The van der Waals surface area contributed by atoms with E-state index >= 15 is 0 Å². The number of anilines is 2. The van der Waals surface area contributed by atoms with E-state index in [1.54, 1.807) is 13.0 Å². The van der Waals surface area contributed by atoms with E-state index in [1.807, 2.05) is 0 Å². The topological polar surface area (TPSA) is 118 Å². The van der Waals surface area contributed by atoms with Gasteiger partial charge in [0.15, 0.2) is 5.82 Å². The first-order valence-electron chi connectivity index (χ1n) is 5.66. The highest BCUT2D eigenvalue weighted by molar-refractivity contribution is 5.90. The molecule has 0 atom stereocenters. The van der Waals surface area contributed by atoms with Crippen LogP contribution in [0.5, 0.6) is 0 Å². The van der Waals surface area contributed by atoms with Crippen LogP contribution in [0.25, 0.3) is 0 Å². The molecule has 19 heavy (non-hydrogen) atoms. The Hall–Kier alpha value is -2.71. The fraction of sp³-hybridized carbons (Fsp3) is 0.300. The van der Waals surface area contributed by atoms with E-state index in [-0.39, 0.29) is 18.4 Å². The zero-order chi connectivity index (χ0) is 13.7. The van der Waals surface area contributed by atoms with E-state index in [4.69, 9.17) is 0 Å². The Morgan fingerprint density at radius 1 is 1.37 bits per heavy atom. The van der Waals surface area contributed by atoms with Crippen LogP contribution in [0.4, 0.5) is 11.6 Å². The lowest BCUT2D eigenvalue weighted by Crippen LogP contribution is -2.19. The van der Waals surface area contributed by atoms with Crippen molar-refractivity contribution in [3.8, 4) is 0 Å². The van der Waals surface area contributed by atoms with Gasteiger partial charge in [0, 0.05) is 12.5 Å². The maximum Gasteiger partial charge on any atom is 0.247 e. The van der Waals surface area contributed by atoms with Crippen LogP contribution in [-0.2, 0) is 16.1 Å². The number of carbonyl (C=O) groups excluding carboxylic acids is 2. The third kappa shape index (κ3) is 3.63. The third-order valence-corrected chi connectivity index (χ3v) is 2.21. The van der Waals surface area contributed by atoms with Crippen LogP contribution in [0.3, 0.4) is 0 Å². The van der Waals surface area contributed by atoms with Gasteiger partial charge < -0.3 is 10.6 Å². The molecule has 0 aliphatic rings. The van der Waals surface area contributed by atoms with E-state index in [2.05, 4.69) is 31.1 Å². The minimum Gasteiger partial charge on any atom is -0.309 e. The van der Waals surface area contributed by atoms with E-state index in [1.165, 1.54) is 17.1 Å². The molecule has 2 amide bonds. The SMILES string of the molecule is CCC(=O)Nc1cn(CC(=O)Nc2ccn[nH]2)nn1. The first-order valence-corrected chi connectivity index (χ1v) is 5.66. The molecule has 0 bridgehead atoms.